The Labute approximate surface area is 170 Å². The molecule has 0 saturated carbocycles. The molecule has 2 N–H and O–H groups in total. The minimum Gasteiger partial charge on any atom is -0.493 e. The number of aromatic hydroxyl groups is 1. The van der Waals surface area contributed by atoms with Gasteiger partial charge in [-0.25, -0.2) is 0 Å². The molecule has 0 fully saturated rings. The van der Waals surface area contributed by atoms with E-state index in [4.69, 9.17) is 9.47 Å². The predicted octanol–water partition coefficient (Wildman–Crippen LogP) is 4.08. The smallest absolute Gasteiger partial charge is 0.315 e. The van der Waals surface area contributed by atoms with E-state index < -0.39 is 5.91 Å². The number of aryl methyl sites for hydroxylation is 1. The van der Waals surface area contributed by atoms with E-state index in [0.29, 0.717) is 23.4 Å². The molecular weight excluding hydrogens is 386 g/mol. The quantitative estimate of drug-likeness (QED) is 0.498. The van der Waals surface area contributed by atoms with Crippen LogP contribution in [0.4, 0.5) is 5.69 Å². The van der Waals surface area contributed by atoms with E-state index in [1.165, 1.54) is 0 Å². The summed E-state index contributed by atoms with van der Waals surface area (Å²) in [6.45, 7) is 2.37. The van der Waals surface area contributed by atoms with Crippen LogP contribution in [-0.2, 0) is 6.54 Å². The number of carbonyl (C=O) groups excluding carboxylic acids is 1. The van der Waals surface area contributed by atoms with Crippen molar-refractivity contribution in [2.24, 2.45) is 10.2 Å². The van der Waals surface area contributed by atoms with Gasteiger partial charge in [-0.15, -0.1) is 10.2 Å². The van der Waals surface area contributed by atoms with E-state index in [9.17, 15) is 9.90 Å². The average molecular weight is 403 g/mol. The van der Waals surface area contributed by atoms with Gasteiger partial charge in [0.15, 0.2) is 22.9 Å². The Bertz CT molecular complexity index is 1300. The van der Waals surface area contributed by atoms with Crippen molar-refractivity contribution >= 4 is 22.5 Å². The topological polar surface area (TPSA) is 114 Å². The van der Waals surface area contributed by atoms with Crippen LogP contribution in [0.25, 0.3) is 10.9 Å². The number of rotatable bonds is 4. The molecule has 9 heteroatoms. The SMILES string of the molecule is Cc1cc(C(=O)N=Nc2c(O)n(Cc3ccc4c(c3)OCO4)c3ccccc23)n[nH]1. The van der Waals surface area contributed by atoms with Gasteiger partial charge in [-0.2, -0.15) is 5.10 Å². The van der Waals surface area contributed by atoms with Crippen molar-refractivity contribution in [3.8, 4) is 17.4 Å². The molecule has 30 heavy (non-hydrogen) atoms. The second-order valence-electron chi connectivity index (χ2n) is 6.90. The minimum atomic E-state index is -0.591. The van der Waals surface area contributed by atoms with Gasteiger partial charge in [0, 0.05) is 11.1 Å². The van der Waals surface area contributed by atoms with Crippen LogP contribution in [0.1, 0.15) is 21.7 Å². The van der Waals surface area contributed by atoms with Crippen LogP contribution in [0.3, 0.4) is 0 Å². The summed E-state index contributed by atoms with van der Waals surface area (Å²) in [5, 5.41) is 25.9. The van der Waals surface area contributed by atoms with Crippen molar-refractivity contribution in [1.82, 2.24) is 14.8 Å². The van der Waals surface area contributed by atoms with E-state index in [1.807, 2.05) is 42.5 Å². The Hall–Kier alpha value is -4.14. The molecule has 1 amide bonds. The summed E-state index contributed by atoms with van der Waals surface area (Å²) in [4.78, 5) is 12.2. The van der Waals surface area contributed by atoms with E-state index in [-0.39, 0.29) is 24.1 Å². The third kappa shape index (κ3) is 3.06. The van der Waals surface area contributed by atoms with Gasteiger partial charge in [-0.3, -0.25) is 9.89 Å². The zero-order valence-electron chi connectivity index (χ0n) is 16.0. The molecule has 150 valence electrons. The molecule has 2 aromatic heterocycles. The number of para-hydroxylation sites is 1. The Morgan fingerprint density at radius 2 is 2.03 bits per heavy atom. The van der Waals surface area contributed by atoms with Crippen molar-refractivity contribution in [3.05, 3.63) is 65.5 Å². The van der Waals surface area contributed by atoms with Gasteiger partial charge in [-0.1, -0.05) is 24.3 Å². The first-order valence-corrected chi connectivity index (χ1v) is 9.27. The van der Waals surface area contributed by atoms with Crippen LogP contribution in [0.2, 0.25) is 0 Å². The van der Waals surface area contributed by atoms with Crippen molar-refractivity contribution in [2.45, 2.75) is 13.5 Å². The van der Waals surface area contributed by atoms with Gasteiger partial charge in [0.05, 0.1) is 12.1 Å². The summed E-state index contributed by atoms with van der Waals surface area (Å²) in [7, 11) is 0. The van der Waals surface area contributed by atoms with E-state index in [2.05, 4.69) is 20.4 Å². The van der Waals surface area contributed by atoms with Gasteiger partial charge in [0.25, 0.3) is 0 Å². The number of azo groups is 1. The molecule has 0 saturated heterocycles. The second kappa shape index (κ2) is 7.03. The molecule has 5 rings (SSSR count). The fraction of sp³-hybridized carbons (Fsp3) is 0.143. The number of aromatic amines is 1. The molecule has 0 bridgehead atoms. The summed E-state index contributed by atoms with van der Waals surface area (Å²) in [5.74, 6) is 0.695. The lowest BCUT2D eigenvalue weighted by Gasteiger charge is -2.08. The fourth-order valence-electron chi connectivity index (χ4n) is 3.43. The molecule has 0 aliphatic carbocycles. The highest BCUT2D eigenvalue weighted by Gasteiger charge is 2.19. The van der Waals surface area contributed by atoms with Gasteiger partial charge in [-0.05, 0) is 36.8 Å². The average Bonchev–Trinajstić information content (AvgIpc) is 3.45. The largest absolute Gasteiger partial charge is 0.493 e. The third-order valence-corrected chi connectivity index (χ3v) is 4.86. The molecule has 0 radical (unpaired) electrons. The number of hydrogen-bond donors (Lipinski definition) is 2. The number of ether oxygens (including phenoxy) is 2. The predicted molar refractivity (Wildman–Crippen MR) is 107 cm³/mol. The first-order valence-electron chi connectivity index (χ1n) is 9.27. The number of H-pyrrole nitrogens is 1. The van der Waals surface area contributed by atoms with E-state index in [1.54, 1.807) is 17.6 Å². The minimum absolute atomic E-state index is 0.0800. The molecule has 2 aromatic carbocycles. The number of aromatic nitrogens is 3. The number of benzene rings is 2. The standard InChI is InChI=1S/C21H17N5O4/c1-12-8-15(23-22-12)20(27)25-24-19-14-4-2-3-5-16(14)26(21(19)28)10-13-6-7-17-18(9-13)30-11-29-17/h2-9,28H,10-11H2,1H3,(H,22,23). The van der Waals surface area contributed by atoms with Gasteiger partial charge < -0.3 is 19.1 Å². The van der Waals surface area contributed by atoms with Crippen LogP contribution in [-0.4, -0.2) is 32.6 Å². The summed E-state index contributed by atoms with van der Waals surface area (Å²) >= 11 is 0. The third-order valence-electron chi connectivity index (χ3n) is 4.86. The van der Waals surface area contributed by atoms with Gasteiger partial charge >= 0.3 is 5.91 Å². The molecule has 0 unspecified atom stereocenters. The lowest BCUT2D eigenvalue weighted by Crippen LogP contribution is -1.99. The maximum absolute atomic E-state index is 12.2. The zero-order chi connectivity index (χ0) is 20.7. The van der Waals surface area contributed by atoms with E-state index in [0.717, 1.165) is 16.8 Å². The number of carbonyl (C=O) groups is 1. The van der Waals surface area contributed by atoms with Crippen LogP contribution in [0, 0.1) is 6.92 Å². The zero-order valence-corrected chi connectivity index (χ0v) is 16.0. The normalized spacial score (nSPS) is 12.8. The molecule has 1 aliphatic rings. The van der Waals surface area contributed by atoms with Crippen LogP contribution >= 0.6 is 0 Å². The van der Waals surface area contributed by atoms with Gasteiger partial charge in [0.1, 0.15) is 0 Å². The summed E-state index contributed by atoms with van der Waals surface area (Å²) < 4.78 is 12.5. The fourth-order valence-corrected chi connectivity index (χ4v) is 3.43. The number of amides is 1. The lowest BCUT2D eigenvalue weighted by molar-refractivity contribution is 0.0990. The Morgan fingerprint density at radius 3 is 2.87 bits per heavy atom. The van der Waals surface area contributed by atoms with Crippen molar-refractivity contribution in [2.75, 3.05) is 6.79 Å². The van der Waals surface area contributed by atoms with Crippen molar-refractivity contribution in [1.29, 1.82) is 0 Å². The highest BCUT2D eigenvalue weighted by Crippen LogP contribution is 2.40. The van der Waals surface area contributed by atoms with Crippen LogP contribution in [0.5, 0.6) is 17.4 Å². The van der Waals surface area contributed by atoms with Crippen LogP contribution < -0.4 is 9.47 Å². The molecule has 4 aromatic rings. The van der Waals surface area contributed by atoms with Crippen LogP contribution in [0.15, 0.2) is 58.8 Å². The number of hydrogen-bond acceptors (Lipinski definition) is 6. The summed E-state index contributed by atoms with van der Waals surface area (Å²) in [5.41, 5.74) is 2.83. The number of fused-ring (bicyclic) bond motifs is 2. The monoisotopic (exact) mass is 403 g/mol. The second-order valence-corrected chi connectivity index (χ2v) is 6.90. The lowest BCUT2D eigenvalue weighted by atomic mass is 10.2. The molecule has 3 heterocycles. The number of nitrogens with zero attached hydrogens (tertiary/aromatic N) is 4. The van der Waals surface area contributed by atoms with Crippen molar-refractivity contribution in [3.63, 3.8) is 0 Å². The Morgan fingerprint density at radius 1 is 1.20 bits per heavy atom. The molecule has 0 spiro atoms. The maximum atomic E-state index is 12.2. The summed E-state index contributed by atoms with van der Waals surface area (Å²) in [6, 6.07) is 14.6. The first kappa shape index (κ1) is 17.9. The highest BCUT2D eigenvalue weighted by atomic mass is 16.7. The highest BCUT2D eigenvalue weighted by molar-refractivity contribution is 5.96. The van der Waals surface area contributed by atoms with Gasteiger partial charge in [0.2, 0.25) is 12.7 Å². The summed E-state index contributed by atoms with van der Waals surface area (Å²) in [6.07, 6.45) is 0. The molecule has 9 nitrogen and oxygen atoms in total. The maximum Gasteiger partial charge on any atom is 0.315 e. The van der Waals surface area contributed by atoms with E-state index >= 15 is 0 Å². The Kier molecular flexibility index (Phi) is 4.20. The number of nitrogens with one attached hydrogen (secondary N) is 1. The van der Waals surface area contributed by atoms with Crippen molar-refractivity contribution < 1.29 is 19.4 Å². The molecule has 0 atom stereocenters. The molecule has 1 aliphatic heterocycles. The molecular formula is C21H17N5O4. The Balaban J connectivity index is 1.51. The first-order chi connectivity index (χ1) is 14.6.